The summed E-state index contributed by atoms with van der Waals surface area (Å²) < 4.78 is 0. The van der Waals surface area contributed by atoms with Crippen molar-refractivity contribution < 1.29 is 4.79 Å². The van der Waals surface area contributed by atoms with Crippen LogP contribution in [0.3, 0.4) is 0 Å². The van der Waals surface area contributed by atoms with Gasteiger partial charge in [-0.2, -0.15) is 11.3 Å². The monoisotopic (exact) mass is 271 g/mol. The number of aryl methyl sites for hydroxylation is 1. The molecule has 0 unspecified atom stereocenters. The summed E-state index contributed by atoms with van der Waals surface area (Å²) >= 11 is 1.75. The molecule has 1 fully saturated rings. The molecule has 0 aliphatic heterocycles. The van der Waals surface area contributed by atoms with Gasteiger partial charge in [0.1, 0.15) is 6.29 Å². The van der Waals surface area contributed by atoms with Crippen molar-refractivity contribution in [3.05, 3.63) is 51.7 Å². The highest BCUT2D eigenvalue weighted by Crippen LogP contribution is 2.34. The molecule has 1 aliphatic rings. The van der Waals surface area contributed by atoms with E-state index in [1.807, 2.05) is 13.0 Å². The van der Waals surface area contributed by atoms with E-state index in [1.54, 1.807) is 11.3 Å². The van der Waals surface area contributed by atoms with Gasteiger partial charge in [0.15, 0.2) is 0 Å². The minimum absolute atomic E-state index is 0.668. The molecule has 3 heteroatoms. The molecule has 98 valence electrons. The number of hydrogen-bond acceptors (Lipinski definition) is 3. The van der Waals surface area contributed by atoms with Gasteiger partial charge in [-0.25, -0.2) is 0 Å². The van der Waals surface area contributed by atoms with Crippen LogP contribution >= 0.6 is 11.3 Å². The van der Waals surface area contributed by atoms with E-state index in [0.29, 0.717) is 6.04 Å². The Morgan fingerprint density at radius 1 is 1.37 bits per heavy atom. The number of carbonyl (C=O) groups excluding carboxylic acids is 1. The summed E-state index contributed by atoms with van der Waals surface area (Å²) in [4.78, 5) is 13.4. The average Bonchev–Trinajstić information content (AvgIpc) is 3.13. The van der Waals surface area contributed by atoms with E-state index >= 15 is 0 Å². The highest BCUT2D eigenvalue weighted by atomic mass is 32.1. The van der Waals surface area contributed by atoms with Crippen molar-refractivity contribution in [2.45, 2.75) is 32.4 Å². The van der Waals surface area contributed by atoms with Gasteiger partial charge < -0.3 is 4.90 Å². The second-order valence-electron chi connectivity index (χ2n) is 5.15. The molecule has 0 spiro atoms. The van der Waals surface area contributed by atoms with Gasteiger partial charge >= 0.3 is 0 Å². The molecular formula is C16H17NOS. The predicted molar refractivity (Wildman–Crippen MR) is 80.1 cm³/mol. The van der Waals surface area contributed by atoms with E-state index < -0.39 is 0 Å². The molecule has 2 nitrogen and oxygen atoms in total. The highest BCUT2D eigenvalue weighted by Gasteiger charge is 2.29. The molecule has 1 aromatic heterocycles. The van der Waals surface area contributed by atoms with E-state index in [9.17, 15) is 4.79 Å². The van der Waals surface area contributed by atoms with Gasteiger partial charge in [-0.1, -0.05) is 0 Å². The maximum atomic E-state index is 10.9. The number of anilines is 1. The van der Waals surface area contributed by atoms with Gasteiger partial charge in [-0.05, 0) is 65.9 Å². The molecule has 1 aromatic carbocycles. The summed E-state index contributed by atoms with van der Waals surface area (Å²) in [7, 11) is 0. The van der Waals surface area contributed by atoms with Crippen molar-refractivity contribution in [1.29, 1.82) is 0 Å². The van der Waals surface area contributed by atoms with Crippen LogP contribution in [0.2, 0.25) is 0 Å². The molecule has 0 radical (unpaired) electrons. The number of benzene rings is 1. The quantitative estimate of drug-likeness (QED) is 0.765. The Balaban J connectivity index is 1.87. The van der Waals surface area contributed by atoms with Crippen molar-refractivity contribution >= 4 is 23.3 Å². The molecule has 0 amide bonds. The lowest BCUT2D eigenvalue weighted by molar-refractivity contribution is 0.112. The van der Waals surface area contributed by atoms with Gasteiger partial charge in [0, 0.05) is 23.8 Å². The number of carbonyl (C=O) groups is 1. The zero-order chi connectivity index (χ0) is 13.2. The van der Waals surface area contributed by atoms with E-state index in [0.717, 1.165) is 24.0 Å². The summed E-state index contributed by atoms with van der Waals surface area (Å²) in [5.74, 6) is 0. The number of rotatable bonds is 5. The molecule has 0 saturated heterocycles. The third-order valence-electron chi connectivity index (χ3n) is 3.63. The first-order valence-electron chi connectivity index (χ1n) is 6.61. The van der Waals surface area contributed by atoms with Crippen LogP contribution in [-0.2, 0) is 6.54 Å². The summed E-state index contributed by atoms with van der Waals surface area (Å²) in [6.07, 6.45) is 3.48. The molecule has 1 aliphatic carbocycles. The minimum Gasteiger partial charge on any atom is -0.364 e. The molecule has 0 bridgehead atoms. The zero-order valence-electron chi connectivity index (χ0n) is 11.0. The van der Waals surface area contributed by atoms with Crippen LogP contribution in [0.1, 0.15) is 34.3 Å². The summed E-state index contributed by atoms with van der Waals surface area (Å²) in [5, 5.41) is 4.34. The van der Waals surface area contributed by atoms with Gasteiger partial charge in [0.05, 0.1) is 0 Å². The van der Waals surface area contributed by atoms with Gasteiger partial charge in [0.2, 0.25) is 0 Å². The van der Waals surface area contributed by atoms with Gasteiger partial charge in [0.25, 0.3) is 0 Å². The minimum atomic E-state index is 0.668. The fourth-order valence-corrected chi connectivity index (χ4v) is 3.03. The standard InChI is InChI=1S/C16H17NOS/c1-12-8-16(3-2-14(12)10-18)17(15-4-5-15)9-13-6-7-19-11-13/h2-3,6-8,10-11,15H,4-5,9H2,1H3. The molecule has 0 N–H and O–H groups in total. The smallest absolute Gasteiger partial charge is 0.150 e. The second-order valence-corrected chi connectivity index (χ2v) is 5.93. The molecule has 1 heterocycles. The maximum Gasteiger partial charge on any atom is 0.150 e. The lowest BCUT2D eigenvalue weighted by atomic mass is 10.1. The fraction of sp³-hybridized carbons (Fsp3) is 0.312. The first-order chi connectivity index (χ1) is 9.28. The fourth-order valence-electron chi connectivity index (χ4n) is 2.37. The van der Waals surface area contributed by atoms with Crippen LogP contribution < -0.4 is 4.90 Å². The normalized spacial score (nSPS) is 14.4. The van der Waals surface area contributed by atoms with Crippen molar-refractivity contribution in [3.8, 4) is 0 Å². The number of nitrogens with zero attached hydrogens (tertiary/aromatic N) is 1. The van der Waals surface area contributed by atoms with Crippen molar-refractivity contribution in [1.82, 2.24) is 0 Å². The van der Waals surface area contributed by atoms with E-state index in [4.69, 9.17) is 0 Å². The number of aldehydes is 1. The third kappa shape index (κ3) is 2.71. The SMILES string of the molecule is Cc1cc(N(Cc2ccsc2)C2CC2)ccc1C=O. The summed E-state index contributed by atoms with van der Waals surface area (Å²) in [6, 6.07) is 8.99. The van der Waals surface area contributed by atoms with Gasteiger partial charge in [-0.15, -0.1) is 0 Å². The van der Waals surface area contributed by atoms with Gasteiger partial charge in [-0.3, -0.25) is 4.79 Å². The molecule has 2 aromatic rings. The van der Waals surface area contributed by atoms with E-state index in [1.165, 1.54) is 24.1 Å². The molecule has 0 atom stereocenters. The number of thiophene rings is 1. The average molecular weight is 271 g/mol. The maximum absolute atomic E-state index is 10.9. The van der Waals surface area contributed by atoms with Crippen LogP contribution in [-0.4, -0.2) is 12.3 Å². The number of hydrogen-bond donors (Lipinski definition) is 0. The lowest BCUT2D eigenvalue weighted by Crippen LogP contribution is -2.24. The van der Waals surface area contributed by atoms with E-state index in [-0.39, 0.29) is 0 Å². The Hall–Kier alpha value is -1.61. The second kappa shape index (κ2) is 5.17. The van der Waals surface area contributed by atoms with Crippen LogP contribution in [0.4, 0.5) is 5.69 Å². The largest absolute Gasteiger partial charge is 0.364 e. The van der Waals surface area contributed by atoms with E-state index in [2.05, 4.69) is 33.9 Å². The third-order valence-corrected chi connectivity index (χ3v) is 4.36. The van der Waals surface area contributed by atoms with Crippen molar-refractivity contribution in [2.75, 3.05) is 4.90 Å². The molecule has 19 heavy (non-hydrogen) atoms. The Bertz CT molecular complexity index is 572. The van der Waals surface area contributed by atoms with Crippen molar-refractivity contribution in [3.63, 3.8) is 0 Å². The van der Waals surface area contributed by atoms with Crippen LogP contribution in [0.15, 0.2) is 35.0 Å². The Morgan fingerprint density at radius 3 is 2.79 bits per heavy atom. The lowest BCUT2D eigenvalue weighted by Gasteiger charge is -2.25. The van der Waals surface area contributed by atoms with Crippen LogP contribution in [0.5, 0.6) is 0 Å². The predicted octanol–water partition coefficient (Wildman–Crippen LogP) is 4.04. The Kier molecular flexibility index (Phi) is 3.38. The first kappa shape index (κ1) is 12.4. The molecule has 3 rings (SSSR count). The zero-order valence-corrected chi connectivity index (χ0v) is 11.8. The first-order valence-corrected chi connectivity index (χ1v) is 7.56. The van der Waals surface area contributed by atoms with Crippen LogP contribution in [0, 0.1) is 6.92 Å². The topological polar surface area (TPSA) is 20.3 Å². The van der Waals surface area contributed by atoms with Crippen LogP contribution in [0.25, 0.3) is 0 Å². The summed E-state index contributed by atoms with van der Waals surface area (Å²) in [6.45, 7) is 2.97. The summed E-state index contributed by atoms with van der Waals surface area (Å²) in [5.41, 5.74) is 4.45. The van der Waals surface area contributed by atoms with Crippen molar-refractivity contribution in [2.24, 2.45) is 0 Å². The molecular weight excluding hydrogens is 254 g/mol. The highest BCUT2D eigenvalue weighted by molar-refractivity contribution is 7.07. The Morgan fingerprint density at radius 2 is 2.21 bits per heavy atom. The molecule has 1 saturated carbocycles. The Labute approximate surface area is 117 Å².